The molecular formula is CH4P2S2. The number of hydrogen-bond acceptors (Lipinski definition) is 1. The summed E-state index contributed by atoms with van der Waals surface area (Å²) in [4.78, 5) is 0. The molecule has 0 aliphatic carbocycles. The van der Waals surface area contributed by atoms with Gasteiger partial charge in [-0.2, -0.15) is 0 Å². The second-order valence-electron chi connectivity index (χ2n) is 0.561. The molecule has 1 unspecified atom stereocenters. The van der Waals surface area contributed by atoms with Crippen molar-refractivity contribution in [1.29, 1.82) is 0 Å². The topological polar surface area (TPSA) is 0 Å². The molecule has 0 aliphatic rings. The van der Waals surface area contributed by atoms with Crippen molar-refractivity contribution in [2.24, 2.45) is 0 Å². The van der Waals surface area contributed by atoms with E-state index in [0.717, 1.165) is 0 Å². The van der Waals surface area contributed by atoms with Crippen LogP contribution in [0, 0.1) is 0 Å². The summed E-state index contributed by atoms with van der Waals surface area (Å²) < 4.78 is 0. The van der Waals surface area contributed by atoms with E-state index in [2.05, 4.69) is 19.6 Å². The minimum absolute atomic E-state index is 0.215. The van der Waals surface area contributed by atoms with Crippen LogP contribution in [0.25, 0.3) is 0 Å². The molecule has 4 heteroatoms. The molecule has 1 atom stereocenters. The zero-order chi connectivity index (χ0) is 4.28. The molecule has 0 spiro atoms. The van der Waals surface area contributed by atoms with Crippen LogP contribution in [-0.4, -0.2) is 6.26 Å². The van der Waals surface area contributed by atoms with Crippen molar-refractivity contribution in [3.63, 3.8) is 0 Å². The average molecular weight is 142 g/mol. The van der Waals surface area contributed by atoms with Gasteiger partial charge in [-0.15, -0.1) is 0 Å². The molecule has 0 saturated carbocycles. The Morgan fingerprint density at radius 3 is 2.20 bits per heavy atom. The number of hydrogen-bond donors (Lipinski definition) is 0. The molecule has 0 aromatic rings. The summed E-state index contributed by atoms with van der Waals surface area (Å²) in [6, 6.07) is 0. The first kappa shape index (κ1) is 6.17. The van der Waals surface area contributed by atoms with Gasteiger partial charge in [-0.3, -0.25) is 0 Å². The van der Waals surface area contributed by atoms with Gasteiger partial charge in [0.2, 0.25) is 0 Å². The average Bonchev–Trinajstić information content (AvgIpc) is 1.38. The monoisotopic (exact) mass is 142 g/mol. The Morgan fingerprint density at radius 2 is 2.20 bits per heavy atom. The van der Waals surface area contributed by atoms with E-state index in [-0.39, 0.29) is 9.05 Å². The Labute approximate surface area is 41.5 Å². The normalized spacial score (nSPS) is 8.00. The summed E-state index contributed by atoms with van der Waals surface area (Å²) in [5.74, 6) is 0. The molecule has 0 amide bonds. The third-order valence-corrected chi connectivity index (χ3v) is 5.27. The van der Waals surface area contributed by atoms with Gasteiger partial charge >= 0.3 is 41.1 Å². The van der Waals surface area contributed by atoms with Crippen LogP contribution in [0.3, 0.4) is 0 Å². The maximum atomic E-state index is 4.64. The van der Waals surface area contributed by atoms with Crippen LogP contribution < -0.4 is 0 Å². The first-order valence-electron chi connectivity index (χ1n) is 0.999. The van der Waals surface area contributed by atoms with Crippen molar-refractivity contribution in [3.8, 4) is 0 Å². The maximum absolute atomic E-state index is 4.64. The summed E-state index contributed by atoms with van der Waals surface area (Å²) in [7, 11) is 4.25. The summed E-state index contributed by atoms with van der Waals surface area (Å²) in [6.07, 6.45) is 2.61. The number of rotatable bonds is 0. The Morgan fingerprint density at radius 1 is 2.00 bits per heavy atom. The fraction of sp³-hybridized carbons (Fsp3) is 1.00. The van der Waals surface area contributed by atoms with E-state index in [0.29, 0.717) is 6.13 Å². The molecule has 0 bridgehead atoms. The molecule has 0 saturated heterocycles. The van der Waals surface area contributed by atoms with Crippen molar-refractivity contribution in [3.05, 3.63) is 0 Å². The van der Waals surface area contributed by atoms with Crippen LogP contribution in [0.4, 0.5) is 0 Å². The van der Waals surface area contributed by atoms with Crippen LogP contribution >= 0.6 is 13.9 Å². The van der Waals surface area contributed by atoms with Gasteiger partial charge in [0.05, 0.1) is 0 Å². The molecule has 0 nitrogen and oxygen atoms in total. The Bertz CT molecular complexity index is 145. The van der Waals surface area contributed by atoms with Crippen LogP contribution in [0.15, 0.2) is 0 Å². The molecule has 0 radical (unpaired) electrons. The summed E-state index contributed by atoms with van der Waals surface area (Å²) in [5.41, 5.74) is 0. The molecule has 0 fully saturated rings. The molecule has 30 valence electrons. The molecule has 0 aromatic heterocycles. The Kier molecular flexibility index (Phi) is 4.15. The summed E-state index contributed by atoms with van der Waals surface area (Å²) >= 11 is 4.64. The van der Waals surface area contributed by atoms with E-state index in [1.807, 2.05) is 6.26 Å². The molecule has 0 rings (SSSR count). The Hall–Kier alpha value is 1.17. The second kappa shape index (κ2) is 3.36. The van der Waals surface area contributed by atoms with E-state index in [4.69, 9.17) is 0 Å². The van der Waals surface area contributed by atoms with Gasteiger partial charge in [-0.25, -0.2) is 0 Å². The van der Waals surface area contributed by atoms with Gasteiger partial charge in [-0.1, -0.05) is 0 Å². The van der Waals surface area contributed by atoms with Crippen molar-refractivity contribution < 1.29 is 0 Å². The third kappa shape index (κ3) is 5.17. The SMILES string of the molecule is CS(#P)=[PH]=S. The van der Waals surface area contributed by atoms with Gasteiger partial charge in [0.25, 0.3) is 0 Å². The molecule has 0 aliphatic heterocycles. The summed E-state index contributed by atoms with van der Waals surface area (Å²) in [6.45, 7) is 0. The molecule has 0 aromatic carbocycles. The molecule has 0 heterocycles. The van der Waals surface area contributed by atoms with E-state index in [1.165, 1.54) is 0 Å². The van der Waals surface area contributed by atoms with E-state index >= 15 is 0 Å². The molecular weight excluding hydrogens is 138 g/mol. The predicted octanol–water partition coefficient (Wildman–Crippen LogP) is 1.62. The van der Waals surface area contributed by atoms with Gasteiger partial charge < -0.3 is 0 Å². The molecule has 0 N–H and O–H groups in total. The summed E-state index contributed by atoms with van der Waals surface area (Å²) in [5, 5.41) is 0. The van der Waals surface area contributed by atoms with Gasteiger partial charge in [0.1, 0.15) is 0 Å². The third-order valence-electron chi connectivity index (χ3n) is 0.121. The van der Waals surface area contributed by atoms with Gasteiger partial charge in [0.15, 0.2) is 0 Å². The van der Waals surface area contributed by atoms with Crippen molar-refractivity contribution in [1.82, 2.24) is 0 Å². The quantitative estimate of drug-likeness (QED) is 0.463. The van der Waals surface area contributed by atoms with E-state index in [9.17, 15) is 0 Å². The van der Waals surface area contributed by atoms with Crippen molar-refractivity contribution in [2.45, 2.75) is 0 Å². The second-order valence-corrected chi connectivity index (χ2v) is 8.20. The van der Waals surface area contributed by atoms with Crippen molar-refractivity contribution >= 4 is 34.8 Å². The van der Waals surface area contributed by atoms with E-state index in [1.54, 1.807) is 0 Å². The van der Waals surface area contributed by atoms with Crippen LogP contribution in [0.5, 0.6) is 0 Å². The zero-order valence-electron chi connectivity index (χ0n) is 2.76. The predicted molar refractivity (Wildman–Crippen MR) is 35.9 cm³/mol. The fourth-order valence-electron chi connectivity index (χ4n) is 0. The van der Waals surface area contributed by atoms with Crippen molar-refractivity contribution in [2.75, 3.05) is 6.26 Å². The van der Waals surface area contributed by atoms with E-state index < -0.39 is 0 Å². The van der Waals surface area contributed by atoms with Gasteiger partial charge in [-0.05, 0) is 0 Å². The first-order valence-corrected chi connectivity index (χ1v) is 6.54. The standard InChI is InChI=1S/CH4P2S2/c1-5(2)3-4/h3H,1H3. The first-order chi connectivity index (χ1) is 2.27. The van der Waals surface area contributed by atoms with Crippen LogP contribution in [0.2, 0.25) is 0 Å². The molecule has 5 heavy (non-hydrogen) atoms. The van der Waals surface area contributed by atoms with Gasteiger partial charge in [0, 0.05) is 0 Å². The van der Waals surface area contributed by atoms with Crippen LogP contribution in [0.1, 0.15) is 0 Å². The fourth-order valence-corrected chi connectivity index (χ4v) is 0. The Balaban J connectivity index is 4.50. The van der Waals surface area contributed by atoms with Crippen LogP contribution in [-0.2, 0) is 20.9 Å². The minimum atomic E-state index is 0.215. The zero-order valence-corrected chi connectivity index (χ0v) is 6.29.